The van der Waals surface area contributed by atoms with Crippen LogP contribution in [0.5, 0.6) is 0 Å². The number of carbonyl (C=O) groups excluding carboxylic acids is 1. The molecule has 0 aliphatic carbocycles. The lowest BCUT2D eigenvalue weighted by Crippen LogP contribution is -2.45. The first kappa shape index (κ1) is 41.7. The number of phosphoric acid groups is 1. The second-order valence-corrected chi connectivity index (χ2v) is 12.8. The number of nitrogens with one attached hydrogen (secondary N) is 1. The summed E-state index contributed by atoms with van der Waals surface area (Å²) in [5.41, 5.74) is 5.33. The molecule has 0 rings (SSSR count). The van der Waals surface area contributed by atoms with Gasteiger partial charge in [-0.05, 0) is 51.4 Å². The maximum absolute atomic E-state index is 12.6. The zero-order valence-electron chi connectivity index (χ0n) is 27.4. The van der Waals surface area contributed by atoms with E-state index in [-0.39, 0.29) is 25.7 Å². The van der Waals surface area contributed by atoms with Crippen LogP contribution in [0.25, 0.3) is 0 Å². The zero-order chi connectivity index (χ0) is 31.9. The van der Waals surface area contributed by atoms with Crippen molar-refractivity contribution in [2.24, 2.45) is 5.73 Å². The van der Waals surface area contributed by atoms with Crippen molar-refractivity contribution in [3.05, 3.63) is 36.5 Å². The standard InChI is InChI=1S/C34H65N2O6P/c1-3-5-7-9-11-13-15-16-18-19-21-23-25-27-33(37)32(31-42-43(39,40)41-30-29-35)36-34(38)28-26-24-22-20-17-14-12-10-8-6-4-2/h10,12,18-19,25,27,32-33,37H,3-9,11,13-17,20-24,26,28-31,35H2,1-2H3,(H,36,38)(H,39,40)/b12-10-,19-18+,27-25+. The largest absolute Gasteiger partial charge is 0.472 e. The van der Waals surface area contributed by atoms with Crippen molar-refractivity contribution >= 4 is 13.7 Å². The predicted molar refractivity (Wildman–Crippen MR) is 180 cm³/mol. The molecule has 0 saturated heterocycles. The van der Waals surface area contributed by atoms with Crippen molar-refractivity contribution in [1.82, 2.24) is 5.32 Å². The summed E-state index contributed by atoms with van der Waals surface area (Å²) in [7, 11) is -4.33. The van der Waals surface area contributed by atoms with Gasteiger partial charge >= 0.3 is 7.82 Å². The number of hydrogen-bond acceptors (Lipinski definition) is 6. The van der Waals surface area contributed by atoms with Crippen molar-refractivity contribution in [3.63, 3.8) is 0 Å². The number of aliphatic hydroxyl groups is 1. The quantitative estimate of drug-likeness (QED) is 0.0344. The van der Waals surface area contributed by atoms with Gasteiger partial charge in [-0.25, -0.2) is 4.57 Å². The number of rotatable bonds is 31. The number of amides is 1. The highest BCUT2D eigenvalue weighted by molar-refractivity contribution is 7.47. The molecule has 0 aromatic rings. The molecule has 252 valence electrons. The summed E-state index contributed by atoms with van der Waals surface area (Å²) in [4.78, 5) is 22.5. The van der Waals surface area contributed by atoms with E-state index in [0.717, 1.165) is 64.2 Å². The molecule has 9 heteroatoms. The second-order valence-electron chi connectivity index (χ2n) is 11.4. The molecule has 0 aromatic heterocycles. The van der Waals surface area contributed by atoms with Gasteiger partial charge < -0.3 is 21.1 Å². The Morgan fingerprint density at radius 3 is 1.86 bits per heavy atom. The molecule has 0 aliphatic rings. The van der Waals surface area contributed by atoms with Crippen molar-refractivity contribution in [1.29, 1.82) is 0 Å². The first-order chi connectivity index (χ1) is 20.9. The molecule has 0 heterocycles. The third-order valence-corrected chi connectivity index (χ3v) is 8.17. The molecule has 0 aromatic carbocycles. The highest BCUT2D eigenvalue weighted by Crippen LogP contribution is 2.43. The molecule has 1 amide bonds. The van der Waals surface area contributed by atoms with Gasteiger partial charge in [0.05, 0.1) is 25.4 Å². The van der Waals surface area contributed by atoms with E-state index in [9.17, 15) is 19.4 Å². The fourth-order valence-electron chi connectivity index (χ4n) is 4.54. The highest BCUT2D eigenvalue weighted by atomic mass is 31.2. The molecule has 3 unspecified atom stereocenters. The van der Waals surface area contributed by atoms with Gasteiger partial charge in [0.1, 0.15) is 0 Å². The normalized spacial score (nSPS) is 15.0. The van der Waals surface area contributed by atoms with Gasteiger partial charge in [0.2, 0.25) is 5.91 Å². The summed E-state index contributed by atoms with van der Waals surface area (Å²) in [5.74, 6) is -0.219. The lowest BCUT2D eigenvalue weighted by molar-refractivity contribution is -0.123. The lowest BCUT2D eigenvalue weighted by Gasteiger charge is -2.23. The van der Waals surface area contributed by atoms with Crippen LogP contribution in [0, 0.1) is 0 Å². The number of phosphoric ester groups is 1. The zero-order valence-corrected chi connectivity index (χ0v) is 28.3. The maximum atomic E-state index is 12.6. The first-order valence-electron chi connectivity index (χ1n) is 17.1. The fourth-order valence-corrected chi connectivity index (χ4v) is 5.30. The molecule has 5 N–H and O–H groups in total. The number of carbonyl (C=O) groups is 1. The minimum Gasteiger partial charge on any atom is -0.387 e. The minimum atomic E-state index is -4.33. The molecular formula is C34H65N2O6P. The maximum Gasteiger partial charge on any atom is 0.472 e. The van der Waals surface area contributed by atoms with Crippen LogP contribution in [-0.2, 0) is 18.4 Å². The summed E-state index contributed by atoms with van der Waals surface area (Å²) in [6.45, 7) is 4.02. The molecule has 3 atom stereocenters. The molecule has 43 heavy (non-hydrogen) atoms. The predicted octanol–water partition coefficient (Wildman–Crippen LogP) is 8.43. The Hall–Kier alpha value is -1.28. The van der Waals surface area contributed by atoms with E-state index in [1.54, 1.807) is 6.08 Å². The van der Waals surface area contributed by atoms with E-state index < -0.39 is 20.0 Å². The van der Waals surface area contributed by atoms with Crippen LogP contribution in [0.1, 0.15) is 142 Å². The van der Waals surface area contributed by atoms with E-state index >= 15 is 0 Å². The summed E-state index contributed by atoms with van der Waals surface area (Å²) in [6.07, 6.45) is 33.3. The summed E-state index contributed by atoms with van der Waals surface area (Å²) >= 11 is 0. The van der Waals surface area contributed by atoms with Crippen molar-refractivity contribution in [3.8, 4) is 0 Å². The Kier molecular flexibility index (Phi) is 29.8. The van der Waals surface area contributed by atoms with Crippen LogP contribution >= 0.6 is 7.82 Å². The molecule has 8 nitrogen and oxygen atoms in total. The molecule has 0 spiro atoms. The van der Waals surface area contributed by atoms with Gasteiger partial charge in [-0.2, -0.15) is 0 Å². The second kappa shape index (κ2) is 30.7. The fraction of sp³-hybridized carbons (Fsp3) is 0.794. The topological polar surface area (TPSA) is 131 Å². The average molecular weight is 629 g/mol. The molecule has 0 saturated carbocycles. The number of unbranched alkanes of at least 4 members (excludes halogenated alkanes) is 15. The van der Waals surface area contributed by atoms with Crippen LogP contribution < -0.4 is 11.1 Å². The number of hydrogen-bond donors (Lipinski definition) is 4. The van der Waals surface area contributed by atoms with E-state index in [4.69, 9.17) is 14.8 Å². The van der Waals surface area contributed by atoms with Crippen LogP contribution in [0.3, 0.4) is 0 Å². The third kappa shape index (κ3) is 29.2. The SMILES string of the molecule is CCCC/C=C\CCCCCCCC(=O)NC(COP(=O)(O)OCCN)C(O)/C=C/CC/C=C/CCCCCCCCC. The summed E-state index contributed by atoms with van der Waals surface area (Å²) in [5, 5.41) is 13.5. The highest BCUT2D eigenvalue weighted by Gasteiger charge is 2.26. The molecular weight excluding hydrogens is 563 g/mol. The first-order valence-corrected chi connectivity index (χ1v) is 18.6. The van der Waals surface area contributed by atoms with Gasteiger partial charge in [-0.15, -0.1) is 0 Å². The van der Waals surface area contributed by atoms with Gasteiger partial charge in [-0.3, -0.25) is 13.8 Å². The Labute approximate surface area is 263 Å². The van der Waals surface area contributed by atoms with Crippen molar-refractivity contribution in [2.45, 2.75) is 154 Å². The van der Waals surface area contributed by atoms with E-state index in [1.165, 1.54) is 57.8 Å². The van der Waals surface area contributed by atoms with Crippen LogP contribution in [-0.4, -0.2) is 47.8 Å². The van der Waals surface area contributed by atoms with E-state index in [1.807, 2.05) is 6.08 Å². The number of nitrogens with two attached hydrogens (primary N) is 1. The van der Waals surface area contributed by atoms with E-state index in [2.05, 4.69) is 43.5 Å². The molecule has 0 bridgehead atoms. The summed E-state index contributed by atoms with van der Waals surface area (Å²) in [6, 6.07) is -0.877. The van der Waals surface area contributed by atoms with Gasteiger partial charge in [0.15, 0.2) is 0 Å². The molecule has 0 fully saturated rings. The Morgan fingerprint density at radius 1 is 0.744 bits per heavy atom. The number of allylic oxidation sites excluding steroid dienone is 5. The van der Waals surface area contributed by atoms with Crippen LogP contribution in [0.15, 0.2) is 36.5 Å². The van der Waals surface area contributed by atoms with Gasteiger partial charge in [0, 0.05) is 13.0 Å². The molecule has 0 aliphatic heterocycles. The Morgan fingerprint density at radius 2 is 1.26 bits per heavy atom. The smallest absolute Gasteiger partial charge is 0.387 e. The van der Waals surface area contributed by atoms with Gasteiger partial charge in [-0.1, -0.05) is 121 Å². The number of aliphatic hydroxyl groups excluding tert-OH is 1. The van der Waals surface area contributed by atoms with Crippen molar-refractivity contribution in [2.75, 3.05) is 19.8 Å². The lowest BCUT2D eigenvalue weighted by atomic mass is 10.1. The molecule has 0 radical (unpaired) electrons. The Balaban J connectivity index is 4.48. The van der Waals surface area contributed by atoms with Gasteiger partial charge in [0.25, 0.3) is 0 Å². The minimum absolute atomic E-state index is 0.0720. The summed E-state index contributed by atoms with van der Waals surface area (Å²) < 4.78 is 21.9. The average Bonchev–Trinajstić information content (AvgIpc) is 2.99. The Bertz CT molecular complexity index is 774. The van der Waals surface area contributed by atoms with Crippen LogP contribution in [0.2, 0.25) is 0 Å². The van der Waals surface area contributed by atoms with E-state index in [0.29, 0.717) is 6.42 Å². The monoisotopic (exact) mass is 628 g/mol. The van der Waals surface area contributed by atoms with Crippen molar-refractivity contribution < 1.29 is 28.4 Å². The third-order valence-electron chi connectivity index (χ3n) is 7.19. The van der Waals surface area contributed by atoms with Crippen LogP contribution in [0.4, 0.5) is 0 Å².